The van der Waals surface area contributed by atoms with E-state index in [0.29, 0.717) is 18.8 Å². The first kappa shape index (κ1) is 15.9. The number of ether oxygens (including phenoxy) is 1. The Kier molecular flexibility index (Phi) is 6.80. The van der Waals surface area contributed by atoms with Crippen molar-refractivity contribution >= 4 is 17.7 Å². The van der Waals surface area contributed by atoms with Gasteiger partial charge >= 0.3 is 5.97 Å². The van der Waals surface area contributed by atoms with E-state index in [1.54, 1.807) is 14.0 Å². The molecule has 0 aromatic heterocycles. The quantitative estimate of drug-likeness (QED) is 0.618. The Balaban J connectivity index is 2.48. The molecule has 1 aromatic rings. The Morgan fingerprint density at radius 1 is 1.47 bits per heavy atom. The summed E-state index contributed by atoms with van der Waals surface area (Å²) in [6.45, 7) is 2.06. The number of rotatable bonds is 7. The van der Waals surface area contributed by atoms with Crippen molar-refractivity contribution in [3.63, 3.8) is 0 Å². The molecule has 0 aliphatic rings. The summed E-state index contributed by atoms with van der Waals surface area (Å²) < 4.78 is 31.2. The smallest absolute Gasteiger partial charge is 0.323 e. The summed E-state index contributed by atoms with van der Waals surface area (Å²) in [7, 11) is 1.66. The standard InChI is InChI=1S/C13H17F2NO2S/c1-3-18-13(17)11(16-2)6-7-19-12-8-9(14)4-5-10(12)15/h4-5,8,11,16H,3,6-7H2,1-2H3. The van der Waals surface area contributed by atoms with Crippen LogP contribution in [0.1, 0.15) is 13.3 Å². The summed E-state index contributed by atoms with van der Waals surface area (Å²) in [5, 5.41) is 2.84. The van der Waals surface area contributed by atoms with Crippen LogP contribution in [0.25, 0.3) is 0 Å². The van der Waals surface area contributed by atoms with Gasteiger partial charge in [-0.25, -0.2) is 8.78 Å². The van der Waals surface area contributed by atoms with Crippen molar-refractivity contribution < 1.29 is 18.3 Å². The van der Waals surface area contributed by atoms with E-state index in [9.17, 15) is 13.6 Å². The molecule has 0 bridgehead atoms. The SMILES string of the molecule is CCOC(=O)C(CCSc1cc(F)ccc1F)NC. The van der Waals surface area contributed by atoms with Crippen LogP contribution in [0.5, 0.6) is 0 Å². The molecule has 0 saturated heterocycles. The lowest BCUT2D eigenvalue weighted by molar-refractivity contribution is -0.145. The van der Waals surface area contributed by atoms with Crippen molar-refractivity contribution in [3.8, 4) is 0 Å². The van der Waals surface area contributed by atoms with Crippen LogP contribution in [0.4, 0.5) is 8.78 Å². The van der Waals surface area contributed by atoms with Crippen molar-refractivity contribution in [2.24, 2.45) is 0 Å². The predicted octanol–water partition coefficient (Wildman–Crippen LogP) is 2.60. The van der Waals surface area contributed by atoms with Crippen LogP contribution < -0.4 is 5.32 Å². The van der Waals surface area contributed by atoms with E-state index in [1.165, 1.54) is 11.8 Å². The Labute approximate surface area is 115 Å². The van der Waals surface area contributed by atoms with Gasteiger partial charge < -0.3 is 10.1 Å². The molecule has 1 unspecified atom stereocenters. The predicted molar refractivity (Wildman–Crippen MR) is 71.2 cm³/mol. The molecule has 1 aromatic carbocycles. The van der Waals surface area contributed by atoms with Gasteiger partial charge in [0.15, 0.2) is 0 Å². The van der Waals surface area contributed by atoms with Gasteiger partial charge in [-0.05, 0) is 38.6 Å². The number of likely N-dealkylation sites (N-methyl/N-ethyl adjacent to an activating group) is 1. The van der Waals surface area contributed by atoms with Crippen LogP contribution in [0.15, 0.2) is 23.1 Å². The van der Waals surface area contributed by atoms with Crippen LogP contribution in [-0.4, -0.2) is 31.4 Å². The second kappa shape index (κ2) is 8.12. The zero-order valence-electron chi connectivity index (χ0n) is 10.9. The normalized spacial score (nSPS) is 12.2. The molecule has 3 nitrogen and oxygen atoms in total. The number of carbonyl (C=O) groups excluding carboxylic acids is 1. The number of esters is 1. The average molecular weight is 289 g/mol. The maximum absolute atomic E-state index is 13.4. The molecular weight excluding hydrogens is 272 g/mol. The van der Waals surface area contributed by atoms with E-state index in [-0.39, 0.29) is 10.9 Å². The zero-order chi connectivity index (χ0) is 14.3. The van der Waals surface area contributed by atoms with Crippen LogP contribution in [0.3, 0.4) is 0 Å². The number of benzene rings is 1. The molecule has 0 radical (unpaired) electrons. The van der Waals surface area contributed by atoms with Crippen molar-refractivity contribution in [2.45, 2.75) is 24.3 Å². The molecule has 0 spiro atoms. The topological polar surface area (TPSA) is 38.3 Å². The van der Waals surface area contributed by atoms with Crippen LogP contribution in [0, 0.1) is 11.6 Å². The number of hydrogen-bond donors (Lipinski definition) is 1. The van der Waals surface area contributed by atoms with Crippen LogP contribution in [0.2, 0.25) is 0 Å². The maximum atomic E-state index is 13.4. The number of carbonyl (C=O) groups is 1. The molecule has 1 rings (SSSR count). The van der Waals surface area contributed by atoms with Gasteiger partial charge in [0.05, 0.1) is 6.61 Å². The first-order chi connectivity index (χ1) is 9.08. The minimum Gasteiger partial charge on any atom is -0.465 e. The molecule has 0 aliphatic carbocycles. The van der Waals surface area contributed by atoms with Crippen molar-refractivity contribution in [3.05, 3.63) is 29.8 Å². The van der Waals surface area contributed by atoms with Gasteiger partial charge in [0, 0.05) is 10.6 Å². The second-order valence-electron chi connectivity index (χ2n) is 3.81. The highest BCUT2D eigenvalue weighted by atomic mass is 32.2. The zero-order valence-corrected chi connectivity index (χ0v) is 11.7. The second-order valence-corrected chi connectivity index (χ2v) is 4.94. The van der Waals surface area contributed by atoms with Gasteiger partial charge in [0.1, 0.15) is 17.7 Å². The van der Waals surface area contributed by atoms with E-state index in [4.69, 9.17) is 4.74 Å². The minimum absolute atomic E-state index is 0.249. The third-order valence-electron chi connectivity index (χ3n) is 2.48. The Morgan fingerprint density at radius 3 is 2.84 bits per heavy atom. The summed E-state index contributed by atoms with van der Waals surface area (Å²) in [5.41, 5.74) is 0. The fraction of sp³-hybridized carbons (Fsp3) is 0.462. The van der Waals surface area contributed by atoms with Gasteiger partial charge in [-0.3, -0.25) is 4.79 Å². The van der Waals surface area contributed by atoms with Crippen molar-refractivity contribution in [2.75, 3.05) is 19.4 Å². The lowest BCUT2D eigenvalue weighted by atomic mass is 10.2. The van der Waals surface area contributed by atoms with E-state index < -0.39 is 17.7 Å². The molecule has 0 amide bonds. The molecule has 1 N–H and O–H groups in total. The molecule has 0 heterocycles. The number of nitrogens with one attached hydrogen (secondary N) is 1. The molecule has 1 atom stereocenters. The highest BCUT2D eigenvalue weighted by Crippen LogP contribution is 2.23. The number of halogens is 2. The Bertz CT molecular complexity index is 429. The fourth-order valence-electron chi connectivity index (χ4n) is 1.50. The third kappa shape index (κ3) is 5.16. The molecule has 0 fully saturated rings. The summed E-state index contributed by atoms with van der Waals surface area (Å²) in [5.74, 6) is -0.765. The molecule has 0 aliphatic heterocycles. The lowest BCUT2D eigenvalue weighted by Crippen LogP contribution is -2.36. The van der Waals surface area contributed by atoms with E-state index >= 15 is 0 Å². The maximum Gasteiger partial charge on any atom is 0.323 e. The number of hydrogen-bond acceptors (Lipinski definition) is 4. The largest absolute Gasteiger partial charge is 0.465 e. The molecule has 6 heteroatoms. The number of thioether (sulfide) groups is 1. The average Bonchev–Trinajstić information content (AvgIpc) is 2.38. The van der Waals surface area contributed by atoms with Gasteiger partial charge in [-0.1, -0.05) is 0 Å². The fourth-order valence-corrected chi connectivity index (χ4v) is 2.47. The highest BCUT2D eigenvalue weighted by Gasteiger charge is 2.17. The van der Waals surface area contributed by atoms with Crippen molar-refractivity contribution in [1.82, 2.24) is 5.32 Å². The summed E-state index contributed by atoms with van der Waals surface area (Å²) in [6.07, 6.45) is 0.482. The summed E-state index contributed by atoms with van der Waals surface area (Å²) in [4.78, 5) is 11.8. The molecular formula is C13H17F2NO2S. The summed E-state index contributed by atoms with van der Waals surface area (Å²) in [6, 6.07) is 2.90. The van der Waals surface area contributed by atoms with E-state index in [2.05, 4.69) is 5.32 Å². The van der Waals surface area contributed by atoms with Crippen LogP contribution in [-0.2, 0) is 9.53 Å². The van der Waals surface area contributed by atoms with Crippen molar-refractivity contribution in [1.29, 1.82) is 0 Å². The molecule has 106 valence electrons. The minimum atomic E-state index is -0.473. The monoisotopic (exact) mass is 289 g/mol. The van der Waals surface area contributed by atoms with Gasteiger partial charge in [-0.15, -0.1) is 11.8 Å². The lowest BCUT2D eigenvalue weighted by Gasteiger charge is -2.14. The summed E-state index contributed by atoms with van der Waals surface area (Å²) >= 11 is 1.18. The van der Waals surface area contributed by atoms with E-state index in [1.807, 2.05) is 0 Å². The molecule has 19 heavy (non-hydrogen) atoms. The van der Waals surface area contributed by atoms with Gasteiger partial charge in [0.25, 0.3) is 0 Å². The molecule has 0 saturated carbocycles. The van der Waals surface area contributed by atoms with Crippen LogP contribution >= 0.6 is 11.8 Å². The first-order valence-electron chi connectivity index (χ1n) is 6.00. The Hall–Kier alpha value is -1.14. The first-order valence-corrected chi connectivity index (χ1v) is 6.98. The van der Waals surface area contributed by atoms with E-state index in [0.717, 1.165) is 18.2 Å². The third-order valence-corrected chi connectivity index (χ3v) is 3.54. The Morgan fingerprint density at radius 2 is 2.21 bits per heavy atom. The highest BCUT2D eigenvalue weighted by molar-refractivity contribution is 7.99. The van der Waals surface area contributed by atoms with Gasteiger partial charge in [0.2, 0.25) is 0 Å². The van der Waals surface area contributed by atoms with Gasteiger partial charge in [-0.2, -0.15) is 0 Å².